The van der Waals surface area contributed by atoms with Gasteiger partial charge in [-0.3, -0.25) is 0 Å². The number of anilines is 1. The molecule has 0 bridgehead atoms. The molecule has 0 aliphatic carbocycles. The molecule has 0 aliphatic rings. The average molecular weight is 290 g/mol. The Morgan fingerprint density at radius 1 is 1.33 bits per heavy atom. The second-order valence-electron chi connectivity index (χ2n) is 4.63. The van der Waals surface area contributed by atoms with Crippen molar-refractivity contribution in [3.8, 4) is 0 Å². The molecule has 1 aromatic heterocycles. The molecule has 1 atom stereocenters. The first-order valence-electron chi connectivity index (χ1n) is 6.12. The van der Waals surface area contributed by atoms with Gasteiger partial charge in [-0.2, -0.15) is 0 Å². The lowest BCUT2D eigenvalue weighted by Crippen LogP contribution is -2.40. The molecular weight excluding hydrogens is 269 g/mol. The number of alkyl halides is 1. The summed E-state index contributed by atoms with van der Waals surface area (Å²) in [5.74, 6) is 1.28. The van der Waals surface area contributed by atoms with Crippen molar-refractivity contribution < 1.29 is 0 Å². The Bertz CT molecular complexity index is 382. The van der Waals surface area contributed by atoms with E-state index in [-0.39, 0.29) is 0 Å². The van der Waals surface area contributed by atoms with E-state index in [1.165, 1.54) is 0 Å². The van der Waals surface area contributed by atoms with Crippen LogP contribution in [0.5, 0.6) is 0 Å². The molecule has 0 saturated carbocycles. The average Bonchev–Trinajstić information content (AvgIpc) is 2.31. The molecule has 0 aromatic carbocycles. The molecule has 0 radical (unpaired) electrons. The van der Waals surface area contributed by atoms with Crippen molar-refractivity contribution in [1.82, 2.24) is 9.88 Å². The Morgan fingerprint density at radius 3 is 2.50 bits per heavy atom. The van der Waals surface area contributed by atoms with Crippen molar-refractivity contribution in [1.29, 1.82) is 0 Å². The second-order valence-corrected chi connectivity index (χ2v) is 5.30. The number of pyridine rings is 1. The largest absolute Gasteiger partial charge is 0.353 e. The first kappa shape index (κ1) is 15.5. The number of halogens is 2. The molecule has 1 rings (SSSR count). The molecule has 5 heteroatoms. The second kappa shape index (κ2) is 7.17. The van der Waals surface area contributed by atoms with Gasteiger partial charge in [0.15, 0.2) is 0 Å². The Labute approximate surface area is 120 Å². The highest BCUT2D eigenvalue weighted by atomic mass is 35.5. The SMILES string of the molecule is CCN(c1ccc(Cl)c(CCl)n1)C(C)CN(C)C. The summed E-state index contributed by atoms with van der Waals surface area (Å²) in [4.78, 5) is 8.96. The van der Waals surface area contributed by atoms with Crippen molar-refractivity contribution in [3.05, 3.63) is 22.8 Å². The molecule has 0 saturated heterocycles. The van der Waals surface area contributed by atoms with Gasteiger partial charge in [-0.15, -0.1) is 11.6 Å². The van der Waals surface area contributed by atoms with E-state index in [9.17, 15) is 0 Å². The van der Waals surface area contributed by atoms with Gasteiger partial charge in [0, 0.05) is 19.1 Å². The molecule has 1 heterocycles. The van der Waals surface area contributed by atoms with Crippen LogP contribution < -0.4 is 4.90 Å². The lowest BCUT2D eigenvalue weighted by Gasteiger charge is -2.31. The van der Waals surface area contributed by atoms with E-state index in [4.69, 9.17) is 23.2 Å². The van der Waals surface area contributed by atoms with E-state index in [2.05, 4.69) is 42.7 Å². The number of aromatic nitrogens is 1. The molecule has 0 spiro atoms. The lowest BCUT2D eigenvalue weighted by atomic mass is 10.2. The number of nitrogens with zero attached hydrogens (tertiary/aromatic N) is 3. The van der Waals surface area contributed by atoms with Gasteiger partial charge in [-0.05, 0) is 40.1 Å². The molecule has 0 amide bonds. The number of hydrogen-bond acceptors (Lipinski definition) is 3. The summed E-state index contributed by atoms with van der Waals surface area (Å²) >= 11 is 11.9. The van der Waals surface area contributed by atoms with Crippen molar-refractivity contribution in [2.75, 3.05) is 32.1 Å². The summed E-state index contributed by atoms with van der Waals surface area (Å²) in [6.45, 7) is 6.21. The van der Waals surface area contributed by atoms with Crippen LogP contribution in [-0.2, 0) is 5.88 Å². The summed E-state index contributed by atoms with van der Waals surface area (Å²) in [6, 6.07) is 4.21. The number of rotatable bonds is 6. The molecule has 102 valence electrons. The van der Waals surface area contributed by atoms with Crippen LogP contribution in [0, 0.1) is 0 Å². The van der Waals surface area contributed by atoms with Gasteiger partial charge in [-0.25, -0.2) is 4.98 Å². The van der Waals surface area contributed by atoms with Crippen LogP contribution in [0.1, 0.15) is 19.5 Å². The fourth-order valence-corrected chi connectivity index (χ4v) is 2.50. The normalized spacial score (nSPS) is 12.8. The summed E-state index contributed by atoms with van der Waals surface area (Å²) in [6.07, 6.45) is 0. The van der Waals surface area contributed by atoms with Crippen LogP contribution in [0.25, 0.3) is 0 Å². The van der Waals surface area contributed by atoms with Crippen LogP contribution >= 0.6 is 23.2 Å². The predicted molar refractivity (Wildman–Crippen MR) is 79.8 cm³/mol. The minimum atomic E-state index is 0.340. The fraction of sp³-hybridized carbons (Fsp3) is 0.615. The molecule has 18 heavy (non-hydrogen) atoms. The van der Waals surface area contributed by atoms with Crippen LogP contribution in [0.2, 0.25) is 5.02 Å². The van der Waals surface area contributed by atoms with E-state index < -0.39 is 0 Å². The van der Waals surface area contributed by atoms with E-state index in [0.29, 0.717) is 16.9 Å². The fourth-order valence-electron chi connectivity index (χ4n) is 2.05. The van der Waals surface area contributed by atoms with Gasteiger partial charge in [0.05, 0.1) is 16.6 Å². The van der Waals surface area contributed by atoms with Crippen LogP contribution in [-0.4, -0.2) is 43.1 Å². The van der Waals surface area contributed by atoms with Gasteiger partial charge in [0.1, 0.15) is 5.82 Å². The zero-order valence-electron chi connectivity index (χ0n) is 11.5. The summed E-state index contributed by atoms with van der Waals surface area (Å²) in [7, 11) is 4.15. The van der Waals surface area contributed by atoms with Crippen molar-refractivity contribution >= 4 is 29.0 Å². The maximum absolute atomic E-state index is 6.03. The van der Waals surface area contributed by atoms with E-state index in [0.717, 1.165) is 24.6 Å². The quantitative estimate of drug-likeness (QED) is 0.750. The summed E-state index contributed by atoms with van der Waals surface area (Å²) in [5.41, 5.74) is 0.742. The van der Waals surface area contributed by atoms with E-state index in [1.54, 1.807) is 0 Å². The monoisotopic (exact) mass is 289 g/mol. The maximum atomic E-state index is 6.03. The van der Waals surface area contributed by atoms with Gasteiger partial charge in [0.2, 0.25) is 0 Å². The molecule has 0 N–H and O–H groups in total. The lowest BCUT2D eigenvalue weighted by molar-refractivity contribution is 0.372. The van der Waals surface area contributed by atoms with Gasteiger partial charge in [-0.1, -0.05) is 11.6 Å². The van der Waals surface area contributed by atoms with Crippen LogP contribution in [0.15, 0.2) is 12.1 Å². The zero-order chi connectivity index (χ0) is 13.7. The Kier molecular flexibility index (Phi) is 6.19. The third-order valence-corrected chi connectivity index (χ3v) is 3.42. The molecule has 1 unspecified atom stereocenters. The highest BCUT2D eigenvalue weighted by molar-refractivity contribution is 6.32. The van der Waals surface area contributed by atoms with E-state index >= 15 is 0 Å². The zero-order valence-corrected chi connectivity index (χ0v) is 13.0. The third kappa shape index (κ3) is 4.01. The topological polar surface area (TPSA) is 19.4 Å². The molecule has 3 nitrogen and oxygen atoms in total. The van der Waals surface area contributed by atoms with E-state index in [1.807, 2.05) is 12.1 Å². The summed E-state index contributed by atoms with van der Waals surface area (Å²) in [5, 5.41) is 0.630. The third-order valence-electron chi connectivity index (χ3n) is 2.83. The van der Waals surface area contributed by atoms with Gasteiger partial charge < -0.3 is 9.80 Å². The number of hydrogen-bond donors (Lipinski definition) is 0. The van der Waals surface area contributed by atoms with Gasteiger partial charge in [0.25, 0.3) is 0 Å². The highest BCUT2D eigenvalue weighted by Crippen LogP contribution is 2.22. The molecular formula is C13H21Cl2N3. The molecule has 1 aromatic rings. The van der Waals surface area contributed by atoms with Gasteiger partial charge >= 0.3 is 0 Å². The Morgan fingerprint density at radius 2 is 2.00 bits per heavy atom. The number of likely N-dealkylation sites (N-methyl/N-ethyl adjacent to an activating group) is 2. The van der Waals surface area contributed by atoms with Crippen molar-refractivity contribution in [2.45, 2.75) is 25.8 Å². The first-order chi connectivity index (χ1) is 8.49. The Hall–Kier alpha value is -0.510. The predicted octanol–water partition coefficient (Wildman–Crippen LogP) is 3.25. The molecule has 0 fully saturated rings. The standard InChI is InChI=1S/C13H21Cl2N3/c1-5-18(10(2)9-17(3)4)13-7-6-11(15)12(8-14)16-13/h6-7,10H,5,8-9H2,1-4H3. The Balaban J connectivity index is 2.94. The molecule has 0 aliphatic heterocycles. The summed E-state index contributed by atoms with van der Waals surface area (Å²) < 4.78 is 0. The maximum Gasteiger partial charge on any atom is 0.129 e. The minimum absolute atomic E-state index is 0.340. The minimum Gasteiger partial charge on any atom is -0.353 e. The van der Waals surface area contributed by atoms with Crippen LogP contribution in [0.3, 0.4) is 0 Å². The smallest absolute Gasteiger partial charge is 0.129 e. The van der Waals surface area contributed by atoms with Crippen molar-refractivity contribution in [3.63, 3.8) is 0 Å². The highest BCUT2D eigenvalue weighted by Gasteiger charge is 2.15. The van der Waals surface area contributed by atoms with Crippen molar-refractivity contribution in [2.24, 2.45) is 0 Å². The van der Waals surface area contributed by atoms with Crippen LogP contribution in [0.4, 0.5) is 5.82 Å². The first-order valence-corrected chi connectivity index (χ1v) is 7.03.